The van der Waals surface area contributed by atoms with Crippen molar-refractivity contribution < 1.29 is 0 Å². The molecule has 1 fully saturated rings. The number of anilines is 1. The summed E-state index contributed by atoms with van der Waals surface area (Å²) >= 11 is 1.71. The maximum absolute atomic E-state index is 9.18. The highest BCUT2D eigenvalue weighted by atomic mass is 32.1. The summed E-state index contributed by atoms with van der Waals surface area (Å²) in [5, 5.41) is 12.4. The Hall–Kier alpha value is -1.12. The summed E-state index contributed by atoms with van der Waals surface area (Å²) in [6, 6.07) is 2.52. The third-order valence-corrected chi connectivity index (χ3v) is 4.36. The zero-order valence-electron chi connectivity index (χ0n) is 11.1. The van der Waals surface area contributed by atoms with Gasteiger partial charge >= 0.3 is 0 Å². The van der Waals surface area contributed by atoms with Crippen molar-refractivity contribution in [2.45, 2.75) is 32.7 Å². The van der Waals surface area contributed by atoms with Gasteiger partial charge in [-0.05, 0) is 13.3 Å². The lowest BCUT2D eigenvalue weighted by Gasteiger charge is -2.36. The van der Waals surface area contributed by atoms with Crippen molar-refractivity contribution in [3.05, 3.63) is 11.1 Å². The predicted octanol–water partition coefficient (Wildman–Crippen LogP) is 2.27. The number of hydrogen-bond donors (Lipinski definition) is 0. The molecule has 0 aromatic carbocycles. The van der Waals surface area contributed by atoms with E-state index in [0.717, 1.165) is 49.8 Å². The summed E-state index contributed by atoms with van der Waals surface area (Å²) in [4.78, 5) is 9.16. The number of nitrogens with zero attached hydrogens (tertiary/aromatic N) is 4. The topological polar surface area (TPSA) is 43.2 Å². The van der Waals surface area contributed by atoms with E-state index < -0.39 is 0 Å². The van der Waals surface area contributed by atoms with Crippen LogP contribution in [0, 0.1) is 18.3 Å². The van der Waals surface area contributed by atoms with Crippen LogP contribution < -0.4 is 4.90 Å². The molecule has 1 aliphatic rings. The second kappa shape index (κ2) is 6.17. The standard InChI is InChI=1S/C13H20N4S/c1-3-4-12(9-14)16-5-7-17(8-6-16)13-15-11(2)10-18-13/h10,12H,3-8H2,1-2H3. The van der Waals surface area contributed by atoms with E-state index >= 15 is 0 Å². The molecule has 1 atom stereocenters. The highest BCUT2D eigenvalue weighted by Crippen LogP contribution is 2.22. The van der Waals surface area contributed by atoms with Crippen LogP contribution in [0.3, 0.4) is 0 Å². The van der Waals surface area contributed by atoms with Crippen LogP contribution in [-0.2, 0) is 0 Å². The zero-order chi connectivity index (χ0) is 13.0. The molecule has 0 aliphatic carbocycles. The van der Waals surface area contributed by atoms with Crippen molar-refractivity contribution in [2.75, 3.05) is 31.1 Å². The lowest BCUT2D eigenvalue weighted by molar-refractivity contribution is 0.211. The highest BCUT2D eigenvalue weighted by Gasteiger charge is 2.24. The summed E-state index contributed by atoms with van der Waals surface area (Å²) in [5.41, 5.74) is 1.10. The van der Waals surface area contributed by atoms with Gasteiger partial charge in [-0.25, -0.2) is 4.98 Å². The van der Waals surface area contributed by atoms with Gasteiger partial charge in [0.15, 0.2) is 5.13 Å². The monoisotopic (exact) mass is 264 g/mol. The van der Waals surface area contributed by atoms with E-state index in [-0.39, 0.29) is 6.04 Å². The second-order valence-corrected chi connectivity index (χ2v) is 5.56. The minimum Gasteiger partial charge on any atom is -0.346 e. The minimum absolute atomic E-state index is 0.0928. The lowest BCUT2D eigenvalue weighted by Crippen LogP contribution is -2.50. The van der Waals surface area contributed by atoms with Gasteiger partial charge in [0, 0.05) is 31.6 Å². The number of aromatic nitrogens is 1. The molecule has 2 heterocycles. The summed E-state index contributed by atoms with van der Waals surface area (Å²) in [6.07, 6.45) is 2.05. The molecule has 4 nitrogen and oxygen atoms in total. The van der Waals surface area contributed by atoms with Crippen LogP contribution in [0.1, 0.15) is 25.5 Å². The Morgan fingerprint density at radius 3 is 2.67 bits per heavy atom. The third-order valence-electron chi connectivity index (χ3n) is 3.34. The van der Waals surface area contributed by atoms with E-state index in [4.69, 9.17) is 0 Å². The molecule has 98 valence electrons. The van der Waals surface area contributed by atoms with Crippen LogP contribution >= 0.6 is 11.3 Å². The Balaban J connectivity index is 1.90. The Morgan fingerprint density at radius 2 is 2.17 bits per heavy atom. The third kappa shape index (κ3) is 3.01. The summed E-state index contributed by atoms with van der Waals surface area (Å²) in [6.45, 7) is 8.07. The normalized spacial score (nSPS) is 18.6. The average Bonchev–Trinajstić information content (AvgIpc) is 2.83. The fraction of sp³-hybridized carbons (Fsp3) is 0.692. The molecule has 0 saturated carbocycles. The van der Waals surface area contributed by atoms with Gasteiger partial charge in [0.25, 0.3) is 0 Å². The van der Waals surface area contributed by atoms with Crippen molar-refractivity contribution in [3.8, 4) is 6.07 Å². The van der Waals surface area contributed by atoms with Gasteiger partial charge in [-0.1, -0.05) is 13.3 Å². The van der Waals surface area contributed by atoms with E-state index in [2.05, 4.69) is 33.2 Å². The number of piperazine rings is 1. The number of thiazole rings is 1. The predicted molar refractivity (Wildman–Crippen MR) is 74.9 cm³/mol. The molecule has 0 bridgehead atoms. The van der Waals surface area contributed by atoms with Crippen molar-refractivity contribution in [2.24, 2.45) is 0 Å². The van der Waals surface area contributed by atoms with Crippen molar-refractivity contribution in [1.82, 2.24) is 9.88 Å². The second-order valence-electron chi connectivity index (χ2n) is 4.73. The number of hydrogen-bond acceptors (Lipinski definition) is 5. The first kappa shape index (κ1) is 13.3. The Bertz CT molecular complexity index is 415. The summed E-state index contributed by atoms with van der Waals surface area (Å²) < 4.78 is 0. The van der Waals surface area contributed by atoms with E-state index in [1.165, 1.54) is 0 Å². The summed E-state index contributed by atoms with van der Waals surface area (Å²) in [7, 11) is 0. The Morgan fingerprint density at radius 1 is 1.44 bits per heavy atom. The summed E-state index contributed by atoms with van der Waals surface area (Å²) in [5.74, 6) is 0. The van der Waals surface area contributed by atoms with E-state index in [0.29, 0.717) is 0 Å². The van der Waals surface area contributed by atoms with Crippen LogP contribution in [0.5, 0.6) is 0 Å². The molecule has 1 aliphatic heterocycles. The van der Waals surface area contributed by atoms with Gasteiger partial charge in [0.1, 0.15) is 0 Å². The largest absolute Gasteiger partial charge is 0.346 e. The molecule has 1 saturated heterocycles. The van der Waals surface area contributed by atoms with Crippen LogP contribution in [0.2, 0.25) is 0 Å². The molecule has 0 N–H and O–H groups in total. The molecule has 1 aromatic heterocycles. The van der Waals surface area contributed by atoms with Crippen molar-refractivity contribution in [3.63, 3.8) is 0 Å². The molecular weight excluding hydrogens is 244 g/mol. The van der Waals surface area contributed by atoms with Crippen molar-refractivity contribution >= 4 is 16.5 Å². The smallest absolute Gasteiger partial charge is 0.185 e. The molecule has 0 amide bonds. The first-order chi connectivity index (χ1) is 8.74. The van der Waals surface area contributed by atoms with Gasteiger partial charge < -0.3 is 4.90 Å². The van der Waals surface area contributed by atoms with Gasteiger partial charge in [0.2, 0.25) is 0 Å². The maximum Gasteiger partial charge on any atom is 0.185 e. The first-order valence-electron chi connectivity index (χ1n) is 6.55. The number of rotatable bonds is 4. The molecule has 1 aromatic rings. The van der Waals surface area contributed by atoms with Crippen molar-refractivity contribution in [1.29, 1.82) is 5.26 Å². The molecule has 0 radical (unpaired) electrons. The fourth-order valence-corrected chi connectivity index (χ4v) is 3.17. The average molecular weight is 264 g/mol. The number of nitriles is 1. The molecule has 2 rings (SSSR count). The van der Waals surface area contributed by atoms with E-state index in [1.54, 1.807) is 11.3 Å². The Labute approximate surface area is 113 Å². The highest BCUT2D eigenvalue weighted by molar-refractivity contribution is 7.13. The number of aryl methyl sites for hydroxylation is 1. The maximum atomic E-state index is 9.18. The van der Waals surface area contributed by atoms with Crippen LogP contribution in [0.4, 0.5) is 5.13 Å². The quantitative estimate of drug-likeness (QED) is 0.836. The molecule has 5 heteroatoms. The van der Waals surface area contributed by atoms with Crippen LogP contribution in [0.25, 0.3) is 0 Å². The minimum atomic E-state index is 0.0928. The molecule has 18 heavy (non-hydrogen) atoms. The zero-order valence-corrected chi connectivity index (χ0v) is 11.9. The van der Waals surface area contributed by atoms with E-state index in [1.807, 2.05) is 6.92 Å². The van der Waals surface area contributed by atoms with E-state index in [9.17, 15) is 5.26 Å². The molecule has 0 spiro atoms. The SMILES string of the molecule is CCCC(C#N)N1CCN(c2nc(C)cs2)CC1. The molecular formula is C13H20N4S. The van der Waals surface area contributed by atoms with Gasteiger partial charge in [0.05, 0.1) is 17.8 Å². The molecule has 1 unspecified atom stereocenters. The first-order valence-corrected chi connectivity index (χ1v) is 7.43. The van der Waals surface area contributed by atoms with Gasteiger partial charge in [-0.2, -0.15) is 5.26 Å². The van der Waals surface area contributed by atoms with Gasteiger partial charge in [-0.15, -0.1) is 11.3 Å². The fourth-order valence-electron chi connectivity index (χ4n) is 2.31. The lowest BCUT2D eigenvalue weighted by atomic mass is 10.1. The van der Waals surface area contributed by atoms with Crippen LogP contribution in [0.15, 0.2) is 5.38 Å². The Kier molecular flexibility index (Phi) is 4.56. The van der Waals surface area contributed by atoms with Crippen LogP contribution in [-0.4, -0.2) is 42.1 Å². The van der Waals surface area contributed by atoms with Gasteiger partial charge in [-0.3, -0.25) is 4.90 Å².